The SMILES string of the molecule is C[N+](C)(CCCCCCC(O)CCc1ccccc1)CCCCS(=O)(=O)O. The molecule has 0 aliphatic rings. The lowest BCUT2D eigenvalue weighted by molar-refractivity contribution is -0.890. The standard InChI is InChI=1S/C21H37NO4S/c1-22(2,18-10-11-19-27(24,25)26)17-9-4-3-8-14-21(23)16-15-20-12-6-5-7-13-20/h5-7,12-13,21,23H,3-4,8-11,14-19H2,1-2H3/p+1. The van der Waals surface area contributed by atoms with Gasteiger partial charge in [0.15, 0.2) is 0 Å². The Hall–Kier alpha value is -0.950. The predicted octanol–water partition coefficient (Wildman–Crippen LogP) is 3.68. The van der Waals surface area contributed by atoms with Gasteiger partial charge >= 0.3 is 0 Å². The van der Waals surface area contributed by atoms with Crippen LogP contribution in [0.4, 0.5) is 0 Å². The van der Waals surface area contributed by atoms with Gasteiger partial charge in [-0.1, -0.05) is 43.2 Å². The monoisotopic (exact) mass is 400 g/mol. The Labute approximate surface area is 165 Å². The molecule has 0 saturated heterocycles. The number of unbranched alkanes of at least 4 members (excludes halogenated alkanes) is 4. The summed E-state index contributed by atoms with van der Waals surface area (Å²) in [6.07, 6.45) is 8.28. The predicted molar refractivity (Wildman–Crippen MR) is 111 cm³/mol. The fourth-order valence-electron chi connectivity index (χ4n) is 3.33. The highest BCUT2D eigenvalue weighted by molar-refractivity contribution is 7.85. The topological polar surface area (TPSA) is 74.6 Å². The van der Waals surface area contributed by atoms with Crippen LogP contribution in [0.15, 0.2) is 30.3 Å². The maximum Gasteiger partial charge on any atom is 0.264 e. The van der Waals surface area contributed by atoms with Gasteiger partial charge in [-0.25, -0.2) is 0 Å². The number of aryl methyl sites for hydroxylation is 1. The summed E-state index contributed by atoms with van der Waals surface area (Å²) < 4.78 is 31.1. The van der Waals surface area contributed by atoms with E-state index in [4.69, 9.17) is 4.55 Å². The van der Waals surface area contributed by atoms with Crippen molar-refractivity contribution in [3.8, 4) is 0 Å². The molecule has 1 unspecified atom stereocenters. The van der Waals surface area contributed by atoms with Gasteiger partial charge in [-0.15, -0.1) is 0 Å². The zero-order valence-corrected chi connectivity index (χ0v) is 17.8. The van der Waals surface area contributed by atoms with E-state index in [0.29, 0.717) is 6.42 Å². The molecule has 0 fully saturated rings. The summed E-state index contributed by atoms with van der Waals surface area (Å²) in [5.41, 5.74) is 1.29. The summed E-state index contributed by atoms with van der Waals surface area (Å²) in [6.45, 7) is 2.00. The van der Waals surface area contributed by atoms with Gasteiger partial charge in [0.25, 0.3) is 10.1 Å². The third-order valence-electron chi connectivity index (χ3n) is 5.08. The summed E-state index contributed by atoms with van der Waals surface area (Å²) in [4.78, 5) is 0. The molecule has 0 saturated carbocycles. The molecular weight excluding hydrogens is 362 g/mol. The zero-order valence-electron chi connectivity index (χ0n) is 17.0. The third kappa shape index (κ3) is 13.8. The molecule has 1 rings (SSSR count). The lowest BCUT2D eigenvalue weighted by atomic mass is 10.0. The van der Waals surface area contributed by atoms with Gasteiger partial charge in [0.05, 0.1) is 39.0 Å². The lowest BCUT2D eigenvalue weighted by Crippen LogP contribution is -2.41. The van der Waals surface area contributed by atoms with E-state index in [9.17, 15) is 13.5 Å². The van der Waals surface area contributed by atoms with Crippen LogP contribution in [0, 0.1) is 0 Å². The molecule has 6 heteroatoms. The number of hydrogen-bond acceptors (Lipinski definition) is 3. The Morgan fingerprint density at radius 2 is 1.48 bits per heavy atom. The molecule has 0 aliphatic heterocycles. The molecule has 1 aromatic carbocycles. The Morgan fingerprint density at radius 1 is 0.889 bits per heavy atom. The van der Waals surface area contributed by atoms with E-state index in [0.717, 1.165) is 68.9 Å². The van der Waals surface area contributed by atoms with E-state index < -0.39 is 10.1 Å². The van der Waals surface area contributed by atoms with Crippen LogP contribution in [0.3, 0.4) is 0 Å². The zero-order chi connectivity index (χ0) is 20.2. The maximum atomic E-state index is 10.7. The first kappa shape index (κ1) is 24.1. The van der Waals surface area contributed by atoms with Gasteiger partial charge in [-0.2, -0.15) is 8.42 Å². The number of rotatable bonds is 15. The van der Waals surface area contributed by atoms with Gasteiger partial charge in [-0.05, 0) is 50.5 Å². The van der Waals surface area contributed by atoms with Crippen molar-refractivity contribution >= 4 is 10.1 Å². The Morgan fingerprint density at radius 3 is 2.11 bits per heavy atom. The highest BCUT2D eigenvalue weighted by Crippen LogP contribution is 2.13. The quantitative estimate of drug-likeness (QED) is 0.268. The molecule has 1 aromatic rings. The molecule has 1 atom stereocenters. The molecule has 2 N–H and O–H groups in total. The van der Waals surface area contributed by atoms with Gasteiger partial charge in [0.2, 0.25) is 0 Å². The molecule has 27 heavy (non-hydrogen) atoms. The number of aliphatic hydroxyl groups excluding tert-OH is 1. The molecule has 5 nitrogen and oxygen atoms in total. The minimum absolute atomic E-state index is 0.139. The summed E-state index contributed by atoms with van der Waals surface area (Å²) >= 11 is 0. The van der Waals surface area contributed by atoms with Gasteiger partial charge in [0.1, 0.15) is 0 Å². The molecule has 0 bridgehead atoms. The van der Waals surface area contributed by atoms with Crippen LogP contribution in [0.2, 0.25) is 0 Å². The normalized spacial score (nSPS) is 13.6. The Balaban J connectivity index is 2.02. The fraction of sp³-hybridized carbons (Fsp3) is 0.714. The van der Waals surface area contributed by atoms with Crippen molar-refractivity contribution in [3.05, 3.63) is 35.9 Å². The molecule has 0 aromatic heterocycles. The van der Waals surface area contributed by atoms with Gasteiger partial charge < -0.3 is 9.59 Å². The average molecular weight is 401 g/mol. The molecule has 156 valence electrons. The first-order chi connectivity index (χ1) is 12.7. The van der Waals surface area contributed by atoms with Crippen LogP contribution in [0.5, 0.6) is 0 Å². The van der Waals surface area contributed by atoms with Crippen LogP contribution in [0.25, 0.3) is 0 Å². The summed E-state index contributed by atoms with van der Waals surface area (Å²) in [7, 11) is 0.511. The van der Waals surface area contributed by atoms with Crippen molar-refractivity contribution in [1.82, 2.24) is 0 Å². The second-order valence-corrected chi connectivity index (χ2v) is 9.83. The number of quaternary nitrogens is 1. The summed E-state index contributed by atoms with van der Waals surface area (Å²) in [5.74, 6) is -0.139. The molecule has 0 radical (unpaired) electrons. The minimum atomic E-state index is -3.82. The number of aliphatic hydroxyl groups is 1. The van der Waals surface area contributed by atoms with Crippen molar-refractivity contribution in [2.45, 2.75) is 63.9 Å². The fourth-order valence-corrected chi connectivity index (χ4v) is 3.90. The van der Waals surface area contributed by atoms with Crippen LogP contribution >= 0.6 is 0 Å². The highest BCUT2D eigenvalue weighted by Gasteiger charge is 2.15. The largest absolute Gasteiger partial charge is 0.393 e. The lowest BCUT2D eigenvalue weighted by Gasteiger charge is -2.30. The number of benzene rings is 1. The van der Waals surface area contributed by atoms with Crippen LogP contribution in [0.1, 0.15) is 56.9 Å². The van der Waals surface area contributed by atoms with Gasteiger partial charge in [-0.3, -0.25) is 4.55 Å². The molecule has 0 spiro atoms. The van der Waals surface area contributed by atoms with Gasteiger partial charge in [0, 0.05) is 0 Å². The summed E-state index contributed by atoms with van der Waals surface area (Å²) in [6, 6.07) is 10.3. The van der Waals surface area contributed by atoms with Crippen LogP contribution in [-0.2, 0) is 16.5 Å². The molecule has 0 amide bonds. The van der Waals surface area contributed by atoms with Crippen LogP contribution in [-0.4, -0.2) is 61.6 Å². The third-order valence-corrected chi connectivity index (χ3v) is 5.88. The van der Waals surface area contributed by atoms with Crippen molar-refractivity contribution in [1.29, 1.82) is 0 Å². The minimum Gasteiger partial charge on any atom is -0.393 e. The van der Waals surface area contributed by atoms with Crippen molar-refractivity contribution < 1.29 is 22.6 Å². The van der Waals surface area contributed by atoms with Crippen molar-refractivity contribution in [2.24, 2.45) is 0 Å². The van der Waals surface area contributed by atoms with Crippen molar-refractivity contribution in [2.75, 3.05) is 32.9 Å². The smallest absolute Gasteiger partial charge is 0.264 e. The van der Waals surface area contributed by atoms with E-state index in [-0.39, 0.29) is 11.9 Å². The Kier molecular flexibility index (Phi) is 11.1. The number of nitrogens with zero attached hydrogens (tertiary/aromatic N) is 1. The first-order valence-corrected chi connectivity index (χ1v) is 11.8. The van der Waals surface area contributed by atoms with E-state index in [1.165, 1.54) is 5.56 Å². The molecule has 0 heterocycles. The van der Waals surface area contributed by atoms with E-state index in [2.05, 4.69) is 26.2 Å². The van der Waals surface area contributed by atoms with Crippen LogP contribution < -0.4 is 0 Å². The first-order valence-electron chi connectivity index (χ1n) is 10.2. The summed E-state index contributed by atoms with van der Waals surface area (Å²) in [5, 5.41) is 10.1. The molecular formula is C21H38NO4S+. The van der Waals surface area contributed by atoms with E-state index >= 15 is 0 Å². The van der Waals surface area contributed by atoms with Crippen molar-refractivity contribution in [3.63, 3.8) is 0 Å². The molecule has 0 aliphatic carbocycles. The average Bonchev–Trinajstić information content (AvgIpc) is 2.60. The number of hydrogen-bond donors (Lipinski definition) is 2. The maximum absolute atomic E-state index is 10.7. The second kappa shape index (κ2) is 12.5. The second-order valence-electron chi connectivity index (χ2n) is 8.26. The highest BCUT2D eigenvalue weighted by atomic mass is 32.2. The van der Waals surface area contributed by atoms with E-state index in [1.807, 2.05) is 18.2 Å². The Bertz CT molecular complexity index is 602. The van der Waals surface area contributed by atoms with E-state index in [1.54, 1.807) is 0 Å².